The average Bonchev–Trinajstić information content (AvgIpc) is 3.05. The second kappa shape index (κ2) is 7.90. The first kappa shape index (κ1) is 17.1. The summed E-state index contributed by atoms with van der Waals surface area (Å²) in [5.74, 6) is 0.739. The van der Waals surface area contributed by atoms with Gasteiger partial charge in [-0.15, -0.1) is 0 Å². The SMILES string of the molecule is CC(=O)c1cnc2n1CCN(C(=O)/C=C/CNCc1ccccc1)C2. The van der Waals surface area contributed by atoms with Crippen LogP contribution >= 0.6 is 0 Å². The predicted molar refractivity (Wildman–Crippen MR) is 94.9 cm³/mol. The smallest absolute Gasteiger partial charge is 0.246 e. The Labute approximate surface area is 147 Å². The molecule has 1 aliphatic rings. The number of ketones is 1. The summed E-state index contributed by atoms with van der Waals surface area (Å²) in [7, 11) is 0. The molecule has 0 bridgehead atoms. The molecule has 0 fully saturated rings. The normalized spacial score (nSPS) is 13.9. The first-order valence-electron chi connectivity index (χ1n) is 8.40. The van der Waals surface area contributed by atoms with Gasteiger partial charge in [0.15, 0.2) is 5.78 Å². The van der Waals surface area contributed by atoms with E-state index in [1.807, 2.05) is 28.8 Å². The molecule has 1 amide bonds. The number of imidazole rings is 1. The topological polar surface area (TPSA) is 67.2 Å². The van der Waals surface area contributed by atoms with Gasteiger partial charge in [0.25, 0.3) is 0 Å². The second-order valence-corrected chi connectivity index (χ2v) is 6.05. The molecular weight excluding hydrogens is 316 g/mol. The molecule has 1 N–H and O–H groups in total. The lowest BCUT2D eigenvalue weighted by atomic mass is 10.2. The zero-order valence-electron chi connectivity index (χ0n) is 14.3. The molecule has 6 heteroatoms. The van der Waals surface area contributed by atoms with Crippen molar-refractivity contribution in [1.82, 2.24) is 19.8 Å². The van der Waals surface area contributed by atoms with Crippen molar-refractivity contribution >= 4 is 11.7 Å². The van der Waals surface area contributed by atoms with Crippen molar-refractivity contribution in [3.8, 4) is 0 Å². The molecule has 130 valence electrons. The van der Waals surface area contributed by atoms with E-state index < -0.39 is 0 Å². The highest BCUT2D eigenvalue weighted by Crippen LogP contribution is 2.15. The van der Waals surface area contributed by atoms with Crippen molar-refractivity contribution in [1.29, 1.82) is 0 Å². The Bertz CT molecular complexity index is 780. The minimum Gasteiger partial charge on any atom is -0.330 e. The van der Waals surface area contributed by atoms with Gasteiger partial charge >= 0.3 is 0 Å². The number of Topliss-reactive ketones (excluding diaryl/α,β-unsaturated/α-hetero) is 1. The van der Waals surface area contributed by atoms with Gasteiger partial charge in [-0.05, 0) is 5.56 Å². The summed E-state index contributed by atoms with van der Waals surface area (Å²) in [5.41, 5.74) is 1.83. The summed E-state index contributed by atoms with van der Waals surface area (Å²) < 4.78 is 1.90. The zero-order valence-corrected chi connectivity index (χ0v) is 14.3. The molecule has 0 radical (unpaired) electrons. The fraction of sp³-hybridized carbons (Fsp3) is 0.316. The number of aromatic nitrogens is 2. The van der Waals surface area contributed by atoms with Crippen LogP contribution in [0.25, 0.3) is 0 Å². The number of nitrogens with one attached hydrogen (secondary N) is 1. The first-order valence-corrected chi connectivity index (χ1v) is 8.40. The number of hydrogen-bond donors (Lipinski definition) is 1. The number of carbonyl (C=O) groups excluding carboxylic acids is 2. The van der Waals surface area contributed by atoms with Gasteiger partial charge in [0.1, 0.15) is 11.5 Å². The number of hydrogen-bond acceptors (Lipinski definition) is 4. The zero-order chi connectivity index (χ0) is 17.6. The fourth-order valence-corrected chi connectivity index (χ4v) is 2.89. The highest BCUT2D eigenvalue weighted by molar-refractivity contribution is 5.92. The molecule has 3 rings (SSSR count). The van der Waals surface area contributed by atoms with Gasteiger partial charge in [-0.1, -0.05) is 36.4 Å². The maximum atomic E-state index is 12.3. The van der Waals surface area contributed by atoms with Gasteiger partial charge in [0.2, 0.25) is 5.91 Å². The lowest BCUT2D eigenvalue weighted by Crippen LogP contribution is -2.38. The molecule has 0 unspecified atom stereocenters. The Morgan fingerprint density at radius 3 is 2.80 bits per heavy atom. The van der Waals surface area contributed by atoms with Crippen LogP contribution in [0.1, 0.15) is 28.8 Å². The number of fused-ring (bicyclic) bond motifs is 1. The first-order chi connectivity index (χ1) is 12.1. The van der Waals surface area contributed by atoms with E-state index in [-0.39, 0.29) is 11.7 Å². The quantitative estimate of drug-likeness (QED) is 0.495. The summed E-state index contributed by atoms with van der Waals surface area (Å²) in [4.78, 5) is 29.8. The van der Waals surface area contributed by atoms with Crippen LogP contribution < -0.4 is 5.32 Å². The van der Waals surface area contributed by atoms with Crippen LogP contribution in [0, 0.1) is 0 Å². The third-order valence-corrected chi connectivity index (χ3v) is 4.23. The Hall–Kier alpha value is -2.73. The van der Waals surface area contributed by atoms with E-state index in [0.717, 1.165) is 12.4 Å². The summed E-state index contributed by atoms with van der Waals surface area (Å²) in [6.45, 7) is 4.58. The van der Waals surface area contributed by atoms with Crippen LogP contribution in [-0.2, 0) is 24.4 Å². The molecule has 2 aromatic rings. The van der Waals surface area contributed by atoms with Crippen LogP contribution in [0.5, 0.6) is 0 Å². The molecule has 0 saturated heterocycles. The molecule has 0 aliphatic carbocycles. The predicted octanol–water partition coefficient (Wildman–Crippen LogP) is 1.77. The Kier molecular flexibility index (Phi) is 5.40. The Balaban J connectivity index is 1.48. The lowest BCUT2D eigenvalue weighted by Gasteiger charge is -2.27. The van der Waals surface area contributed by atoms with E-state index in [2.05, 4.69) is 22.4 Å². The summed E-state index contributed by atoms with van der Waals surface area (Å²) in [5, 5.41) is 3.28. The Morgan fingerprint density at radius 2 is 2.04 bits per heavy atom. The summed E-state index contributed by atoms with van der Waals surface area (Å²) in [6, 6.07) is 10.1. The standard InChI is InChI=1S/C19H22N4O2/c1-15(24)17-13-21-18-14-22(10-11-23(17)18)19(25)8-5-9-20-12-16-6-3-2-4-7-16/h2-8,13,20H,9-12,14H2,1H3/b8-5+. The van der Waals surface area contributed by atoms with Crippen molar-refractivity contribution in [3.63, 3.8) is 0 Å². The van der Waals surface area contributed by atoms with Gasteiger partial charge in [0, 0.05) is 39.2 Å². The summed E-state index contributed by atoms with van der Waals surface area (Å²) >= 11 is 0. The number of amides is 1. The van der Waals surface area contributed by atoms with E-state index in [4.69, 9.17) is 0 Å². The van der Waals surface area contributed by atoms with Crippen LogP contribution in [0.4, 0.5) is 0 Å². The minimum atomic E-state index is -0.0277. The molecule has 1 aliphatic heterocycles. The summed E-state index contributed by atoms with van der Waals surface area (Å²) in [6.07, 6.45) is 5.03. The van der Waals surface area contributed by atoms with E-state index in [9.17, 15) is 9.59 Å². The van der Waals surface area contributed by atoms with Crippen molar-refractivity contribution < 1.29 is 9.59 Å². The molecular formula is C19H22N4O2. The fourth-order valence-electron chi connectivity index (χ4n) is 2.89. The Morgan fingerprint density at radius 1 is 1.24 bits per heavy atom. The van der Waals surface area contributed by atoms with E-state index in [0.29, 0.717) is 31.9 Å². The molecule has 0 atom stereocenters. The van der Waals surface area contributed by atoms with Crippen molar-refractivity contribution in [2.24, 2.45) is 0 Å². The van der Waals surface area contributed by atoms with Gasteiger partial charge in [-0.2, -0.15) is 0 Å². The molecule has 2 heterocycles. The van der Waals surface area contributed by atoms with E-state index >= 15 is 0 Å². The number of nitrogens with zero attached hydrogens (tertiary/aromatic N) is 3. The number of benzene rings is 1. The van der Waals surface area contributed by atoms with Crippen molar-refractivity contribution in [3.05, 3.63) is 65.8 Å². The highest BCUT2D eigenvalue weighted by atomic mass is 16.2. The molecule has 25 heavy (non-hydrogen) atoms. The number of rotatable bonds is 6. The molecule has 0 spiro atoms. The van der Waals surface area contributed by atoms with Crippen LogP contribution in [-0.4, -0.2) is 39.2 Å². The van der Waals surface area contributed by atoms with Crippen molar-refractivity contribution in [2.75, 3.05) is 13.1 Å². The van der Waals surface area contributed by atoms with E-state index in [1.165, 1.54) is 12.5 Å². The maximum absolute atomic E-state index is 12.3. The molecule has 0 saturated carbocycles. The maximum Gasteiger partial charge on any atom is 0.246 e. The lowest BCUT2D eigenvalue weighted by molar-refractivity contribution is -0.127. The van der Waals surface area contributed by atoms with Crippen LogP contribution in [0.2, 0.25) is 0 Å². The van der Waals surface area contributed by atoms with Gasteiger partial charge in [0.05, 0.1) is 12.7 Å². The third kappa shape index (κ3) is 4.22. The van der Waals surface area contributed by atoms with Gasteiger partial charge in [-0.3, -0.25) is 9.59 Å². The number of carbonyl (C=O) groups is 2. The average molecular weight is 338 g/mol. The van der Waals surface area contributed by atoms with Crippen LogP contribution in [0.3, 0.4) is 0 Å². The highest BCUT2D eigenvalue weighted by Gasteiger charge is 2.23. The third-order valence-electron chi connectivity index (χ3n) is 4.23. The second-order valence-electron chi connectivity index (χ2n) is 6.05. The van der Waals surface area contributed by atoms with Gasteiger partial charge < -0.3 is 14.8 Å². The molecule has 1 aromatic carbocycles. The van der Waals surface area contributed by atoms with Gasteiger partial charge in [-0.25, -0.2) is 4.98 Å². The van der Waals surface area contributed by atoms with Crippen LogP contribution in [0.15, 0.2) is 48.7 Å². The molecule has 1 aromatic heterocycles. The molecule has 6 nitrogen and oxygen atoms in total. The van der Waals surface area contributed by atoms with E-state index in [1.54, 1.807) is 17.2 Å². The monoisotopic (exact) mass is 338 g/mol. The largest absolute Gasteiger partial charge is 0.330 e. The minimum absolute atomic E-state index is 0.00270. The van der Waals surface area contributed by atoms with Crippen molar-refractivity contribution in [2.45, 2.75) is 26.6 Å².